The fraction of sp³-hybridized carbons (Fsp3) is 0.667. The standard InChI is InChI=1S/C12H20N4S/c1-2-6-13-12-14-7-5-11(16-12)15-9-10-4-3-8-17-10/h5,7,10H,2-4,6,8-9H2,1H3,(H2,13,14,15,16). The molecule has 1 aliphatic heterocycles. The predicted molar refractivity (Wildman–Crippen MR) is 74.8 cm³/mol. The van der Waals surface area contributed by atoms with Gasteiger partial charge >= 0.3 is 0 Å². The zero-order valence-electron chi connectivity index (χ0n) is 10.3. The average molecular weight is 252 g/mol. The van der Waals surface area contributed by atoms with Gasteiger partial charge in [-0.05, 0) is 31.1 Å². The monoisotopic (exact) mass is 252 g/mol. The smallest absolute Gasteiger partial charge is 0.224 e. The summed E-state index contributed by atoms with van der Waals surface area (Å²) in [4.78, 5) is 8.62. The molecular weight excluding hydrogens is 232 g/mol. The van der Waals surface area contributed by atoms with Gasteiger partial charge in [0.2, 0.25) is 5.95 Å². The van der Waals surface area contributed by atoms with Crippen LogP contribution in [0.2, 0.25) is 0 Å². The number of hydrogen-bond acceptors (Lipinski definition) is 5. The largest absolute Gasteiger partial charge is 0.369 e. The maximum Gasteiger partial charge on any atom is 0.224 e. The van der Waals surface area contributed by atoms with Crippen molar-refractivity contribution in [2.45, 2.75) is 31.4 Å². The molecule has 94 valence electrons. The van der Waals surface area contributed by atoms with Gasteiger partial charge in [-0.3, -0.25) is 0 Å². The van der Waals surface area contributed by atoms with Crippen LogP contribution in [-0.2, 0) is 0 Å². The van der Waals surface area contributed by atoms with Gasteiger partial charge in [0.25, 0.3) is 0 Å². The van der Waals surface area contributed by atoms with E-state index >= 15 is 0 Å². The first-order valence-corrected chi connectivity index (χ1v) is 7.35. The van der Waals surface area contributed by atoms with Crippen LogP contribution in [0.3, 0.4) is 0 Å². The van der Waals surface area contributed by atoms with Crippen molar-refractivity contribution in [3.8, 4) is 0 Å². The molecule has 0 aromatic carbocycles. The molecule has 17 heavy (non-hydrogen) atoms. The van der Waals surface area contributed by atoms with Crippen molar-refractivity contribution in [3.63, 3.8) is 0 Å². The minimum Gasteiger partial charge on any atom is -0.369 e. The average Bonchev–Trinajstić information content (AvgIpc) is 2.87. The molecule has 0 aliphatic carbocycles. The van der Waals surface area contributed by atoms with Crippen LogP contribution in [0, 0.1) is 0 Å². The third-order valence-corrected chi connectivity index (χ3v) is 4.12. The molecule has 0 spiro atoms. The van der Waals surface area contributed by atoms with E-state index in [0.717, 1.165) is 36.5 Å². The molecule has 1 fully saturated rings. The van der Waals surface area contributed by atoms with E-state index in [0.29, 0.717) is 0 Å². The zero-order valence-corrected chi connectivity index (χ0v) is 11.1. The lowest BCUT2D eigenvalue weighted by atomic mass is 10.2. The van der Waals surface area contributed by atoms with Gasteiger partial charge in [-0.25, -0.2) is 4.98 Å². The summed E-state index contributed by atoms with van der Waals surface area (Å²) in [6.07, 6.45) is 5.56. The molecule has 2 N–H and O–H groups in total. The molecule has 0 amide bonds. The third kappa shape index (κ3) is 4.07. The second kappa shape index (κ2) is 6.69. The van der Waals surface area contributed by atoms with Crippen molar-refractivity contribution in [3.05, 3.63) is 12.3 Å². The molecule has 1 atom stereocenters. The first kappa shape index (κ1) is 12.5. The van der Waals surface area contributed by atoms with Crippen LogP contribution in [0.4, 0.5) is 11.8 Å². The lowest BCUT2D eigenvalue weighted by Gasteiger charge is -2.11. The van der Waals surface area contributed by atoms with Crippen LogP contribution in [0.5, 0.6) is 0 Å². The minimum atomic E-state index is 0.718. The Labute approximate surface area is 107 Å². The van der Waals surface area contributed by atoms with Crippen molar-refractivity contribution in [2.24, 2.45) is 0 Å². The molecule has 4 nitrogen and oxygen atoms in total. The first-order valence-electron chi connectivity index (χ1n) is 6.31. The van der Waals surface area contributed by atoms with E-state index in [1.54, 1.807) is 6.20 Å². The van der Waals surface area contributed by atoms with Crippen LogP contribution < -0.4 is 10.6 Å². The molecule has 1 aliphatic rings. The molecule has 0 bridgehead atoms. The number of aromatic nitrogens is 2. The Bertz CT molecular complexity index is 339. The number of hydrogen-bond donors (Lipinski definition) is 2. The maximum absolute atomic E-state index is 4.43. The topological polar surface area (TPSA) is 49.8 Å². The highest BCUT2D eigenvalue weighted by Gasteiger charge is 2.15. The lowest BCUT2D eigenvalue weighted by molar-refractivity contribution is 0.803. The summed E-state index contributed by atoms with van der Waals surface area (Å²) in [6.45, 7) is 4.06. The Morgan fingerprint density at radius 2 is 2.41 bits per heavy atom. The summed E-state index contributed by atoms with van der Waals surface area (Å²) < 4.78 is 0. The van der Waals surface area contributed by atoms with E-state index in [9.17, 15) is 0 Å². The number of nitrogens with zero attached hydrogens (tertiary/aromatic N) is 2. The first-order chi connectivity index (χ1) is 8.38. The van der Waals surface area contributed by atoms with Crippen molar-refractivity contribution < 1.29 is 0 Å². The molecule has 5 heteroatoms. The lowest BCUT2D eigenvalue weighted by Crippen LogP contribution is -2.15. The predicted octanol–water partition coefficient (Wildman–Crippen LogP) is 2.61. The molecule has 1 saturated heterocycles. The molecule has 1 unspecified atom stereocenters. The highest BCUT2D eigenvalue weighted by Crippen LogP contribution is 2.26. The molecule has 0 radical (unpaired) electrons. The van der Waals surface area contributed by atoms with Gasteiger partial charge < -0.3 is 10.6 Å². The SMILES string of the molecule is CCCNc1nccc(NCC2CCCS2)n1. The summed E-state index contributed by atoms with van der Waals surface area (Å²) in [5, 5.41) is 7.33. The van der Waals surface area contributed by atoms with Gasteiger partial charge in [0.1, 0.15) is 5.82 Å². The van der Waals surface area contributed by atoms with Crippen LogP contribution >= 0.6 is 11.8 Å². The summed E-state index contributed by atoms with van der Waals surface area (Å²) in [7, 11) is 0. The fourth-order valence-corrected chi connectivity index (χ4v) is 3.00. The van der Waals surface area contributed by atoms with E-state index < -0.39 is 0 Å². The summed E-state index contributed by atoms with van der Waals surface area (Å²) in [5.74, 6) is 2.95. The molecule has 1 aromatic heterocycles. The quantitative estimate of drug-likeness (QED) is 0.815. The summed E-state index contributed by atoms with van der Waals surface area (Å²) in [6, 6.07) is 1.93. The highest BCUT2D eigenvalue weighted by molar-refractivity contribution is 8.00. The summed E-state index contributed by atoms with van der Waals surface area (Å²) in [5.41, 5.74) is 0. The van der Waals surface area contributed by atoms with E-state index in [1.165, 1.54) is 18.6 Å². The second-order valence-corrected chi connectivity index (χ2v) is 5.62. The van der Waals surface area contributed by atoms with Crippen LogP contribution in [-0.4, -0.2) is 34.1 Å². The fourth-order valence-electron chi connectivity index (χ4n) is 1.80. The molecular formula is C12H20N4S. The van der Waals surface area contributed by atoms with Crippen LogP contribution in [0.15, 0.2) is 12.3 Å². The van der Waals surface area contributed by atoms with E-state index in [2.05, 4.69) is 39.3 Å². The Hall–Kier alpha value is -0.970. The Balaban J connectivity index is 1.82. The van der Waals surface area contributed by atoms with Gasteiger partial charge in [-0.2, -0.15) is 16.7 Å². The van der Waals surface area contributed by atoms with Gasteiger partial charge in [0, 0.05) is 24.5 Å². The molecule has 2 rings (SSSR count). The Kier molecular flexibility index (Phi) is 4.91. The normalized spacial score (nSPS) is 19.2. The maximum atomic E-state index is 4.43. The van der Waals surface area contributed by atoms with Gasteiger partial charge in [0.05, 0.1) is 0 Å². The van der Waals surface area contributed by atoms with Crippen LogP contribution in [0.1, 0.15) is 26.2 Å². The van der Waals surface area contributed by atoms with Gasteiger partial charge in [0.15, 0.2) is 0 Å². The Morgan fingerprint density at radius 3 is 3.18 bits per heavy atom. The van der Waals surface area contributed by atoms with E-state index in [-0.39, 0.29) is 0 Å². The molecule has 1 aromatic rings. The highest BCUT2D eigenvalue weighted by atomic mass is 32.2. The molecule has 2 heterocycles. The van der Waals surface area contributed by atoms with Gasteiger partial charge in [-0.15, -0.1) is 0 Å². The van der Waals surface area contributed by atoms with Crippen LogP contribution in [0.25, 0.3) is 0 Å². The number of rotatable bonds is 6. The second-order valence-electron chi connectivity index (χ2n) is 4.21. The van der Waals surface area contributed by atoms with Gasteiger partial charge in [-0.1, -0.05) is 6.92 Å². The van der Waals surface area contributed by atoms with Crippen molar-refractivity contribution in [2.75, 3.05) is 29.5 Å². The number of anilines is 2. The van der Waals surface area contributed by atoms with Crippen molar-refractivity contribution in [1.29, 1.82) is 0 Å². The van der Waals surface area contributed by atoms with Crippen molar-refractivity contribution >= 4 is 23.5 Å². The molecule has 0 saturated carbocycles. The van der Waals surface area contributed by atoms with E-state index in [1.807, 2.05) is 6.07 Å². The minimum absolute atomic E-state index is 0.718. The van der Waals surface area contributed by atoms with Crippen molar-refractivity contribution in [1.82, 2.24) is 9.97 Å². The Morgan fingerprint density at radius 1 is 1.47 bits per heavy atom. The number of nitrogens with one attached hydrogen (secondary N) is 2. The van der Waals surface area contributed by atoms with E-state index in [4.69, 9.17) is 0 Å². The zero-order chi connectivity index (χ0) is 11.9. The summed E-state index contributed by atoms with van der Waals surface area (Å²) >= 11 is 2.06. The third-order valence-electron chi connectivity index (χ3n) is 2.72. The number of thioether (sulfide) groups is 1.